The molecule has 1 fully saturated rings. The van der Waals surface area contributed by atoms with Crippen LogP contribution in [-0.4, -0.2) is 80.9 Å². The number of aromatic nitrogens is 1. The van der Waals surface area contributed by atoms with Crippen LogP contribution >= 0.6 is 24.0 Å². The molecule has 0 aromatic carbocycles. The minimum Gasteiger partial charge on any atom is -0.379 e. The highest BCUT2D eigenvalue weighted by molar-refractivity contribution is 14.0. The lowest BCUT2D eigenvalue weighted by Gasteiger charge is -2.17. The van der Waals surface area contributed by atoms with E-state index >= 15 is 0 Å². The Labute approximate surface area is 190 Å². The number of likely N-dealkylation sites (N-methyl/N-ethyl adjacent to an activating group) is 1. The van der Waals surface area contributed by atoms with Crippen LogP contribution in [0.2, 0.25) is 0 Å². The minimum atomic E-state index is -0.0160. The average molecular weight is 519 g/mol. The van der Waals surface area contributed by atoms with Gasteiger partial charge >= 0.3 is 0 Å². The van der Waals surface area contributed by atoms with Gasteiger partial charge in [0.1, 0.15) is 6.54 Å². The molecule has 1 saturated heterocycles. The second-order valence-electron chi connectivity index (χ2n) is 6.72. The van der Waals surface area contributed by atoms with Crippen molar-refractivity contribution in [1.82, 2.24) is 20.5 Å². The molecule has 0 bridgehead atoms. The summed E-state index contributed by atoms with van der Waals surface area (Å²) in [5, 5.41) is 6.41. The summed E-state index contributed by atoms with van der Waals surface area (Å²) in [5.74, 6) is 0.635. The predicted molar refractivity (Wildman–Crippen MR) is 125 cm³/mol. The zero-order valence-electron chi connectivity index (χ0n) is 17.4. The minimum absolute atomic E-state index is 0. The van der Waals surface area contributed by atoms with Crippen LogP contribution in [0.25, 0.3) is 0 Å². The van der Waals surface area contributed by atoms with E-state index in [4.69, 9.17) is 9.47 Å². The summed E-state index contributed by atoms with van der Waals surface area (Å²) in [7, 11) is 1.80. The van der Waals surface area contributed by atoms with Crippen molar-refractivity contribution in [3.05, 3.63) is 30.1 Å². The number of pyridine rings is 1. The lowest BCUT2D eigenvalue weighted by molar-refractivity contribution is -0.128. The van der Waals surface area contributed by atoms with Crippen LogP contribution in [0, 0.1) is 0 Å². The third-order valence-corrected chi connectivity index (χ3v) is 4.43. The standard InChI is InChI=1S/C20H33N5O3.HI/c1-3-21-20(23-11-6-13-28-18-9-14-27-16-18)24-15-19(26)25(2)12-8-17-7-4-5-10-22-17;/h4-5,7,10,18H,3,6,8-9,11-16H2,1-2H3,(H2,21,23,24);1H. The summed E-state index contributed by atoms with van der Waals surface area (Å²) < 4.78 is 11.0. The van der Waals surface area contributed by atoms with Crippen molar-refractivity contribution in [3.8, 4) is 0 Å². The molecule has 1 aliphatic rings. The van der Waals surface area contributed by atoms with Gasteiger partial charge in [0.25, 0.3) is 0 Å². The molecule has 1 aliphatic heterocycles. The highest BCUT2D eigenvalue weighted by Gasteiger charge is 2.15. The summed E-state index contributed by atoms with van der Waals surface area (Å²) in [6.45, 7) is 6.41. The molecular weight excluding hydrogens is 485 g/mol. The third kappa shape index (κ3) is 10.8. The molecule has 29 heavy (non-hydrogen) atoms. The van der Waals surface area contributed by atoms with Gasteiger partial charge in [-0.3, -0.25) is 9.78 Å². The van der Waals surface area contributed by atoms with E-state index in [0.717, 1.165) is 44.7 Å². The SMILES string of the molecule is CCNC(=NCC(=O)N(C)CCc1ccccn1)NCCCOC1CCOC1.I. The molecule has 164 valence electrons. The second-order valence-corrected chi connectivity index (χ2v) is 6.72. The molecular formula is C20H34IN5O3. The number of rotatable bonds is 11. The maximum atomic E-state index is 12.3. The first-order valence-corrected chi connectivity index (χ1v) is 10.0. The van der Waals surface area contributed by atoms with E-state index in [1.165, 1.54) is 0 Å². The number of amides is 1. The van der Waals surface area contributed by atoms with Crippen LogP contribution in [-0.2, 0) is 20.7 Å². The molecule has 8 nitrogen and oxygen atoms in total. The van der Waals surface area contributed by atoms with Crippen LogP contribution in [0.3, 0.4) is 0 Å². The summed E-state index contributed by atoms with van der Waals surface area (Å²) in [4.78, 5) is 22.7. The Balaban J connectivity index is 0.00000420. The largest absolute Gasteiger partial charge is 0.379 e. The number of hydrogen-bond donors (Lipinski definition) is 2. The van der Waals surface area contributed by atoms with Crippen LogP contribution in [0.1, 0.15) is 25.5 Å². The second kappa shape index (κ2) is 15.4. The topological polar surface area (TPSA) is 88.1 Å². The number of aliphatic imine (C=N–C) groups is 1. The van der Waals surface area contributed by atoms with E-state index in [9.17, 15) is 4.79 Å². The van der Waals surface area contributed by atoms with Crippen molar-refractivity contribution in [2.24, 2.45) is 4.99 Å². The first kappa shape index (κ1) is 25.6. The highest BCUT2D eigenvalue weighted by Crippen LogP contribution is 2.07. The zero-order valence-corrected chi connectivity index (χ0v) is 19.8. The Morgan fingerprint density at radius 2 is 2.28 bits per heavy atom. The van der Waals surface area contributed by atoms with Gasteiger partial charge < -0.3 is 25.0 Å². The van der Waals surface area contributed by atoms with Crippen molar-refractivity contribution in [2.75, 3.05) is 53.0 Å². The molecule has 2 rings (SSSR count). The predicted octanol–water partition coefficient (Wildman–Crippen LogP) is 1.45. The molecule has 1 atom stereocenters. The molecule has 0 aliphatic carbocycles. The monoisotopic (exact) mass is 519 g/mol. The average Bonchev–Trinajstić information content (AvgIpc) is 3.24. The van der Waals surface area contributed by atoms with Crippen LogP contribution in [0.15, 0.2) is 29.4 Å². The Morgan fingerprint density at radius 1 is 1.41 bits per heavy atom. The van der Waals surface area contributed by atoms with Gasteiger partial charge in [0.05, 0.1) is 12.7 Å². The number of guanidine groups is 1. The van der Waals surface area contributed by atoms with Crippen LogP contribution in [0.5, 0.6) is 0 Å². The number of nitrogens with zero attached hydrogens (tertiary/aromatic N) is 3. The van der Waals surface area contributed by atoms with Gasteiger partial charge in [0.2, 0.25) is 5.91 Å². The van der Waals surface area contributed by atoms with Gasteiger partial charge in [-0.1, -0.05) is 6.07 Å². The first-order chi connectivity index (χ1) is 13.7. The Kier molecular flexibility index (Phi) is 13.6. The number of ether oxygens (including phenoxy) is 2. The molecule has 1 unspecified atom stereocenters. The Morgan fingerprint density at radius 3 is 2.97 bits per heavy atom. The maximum Gasteiger partial charge on any atom is 0.244 e. The highest BCUT2D eigenvalue weighted by atomic mass is 127. The summed E-state index contributed by atoms with van der Waals surface area (Å²) in [6.07, 6.45) is 4.59. The van der Waals surface area contributed by atoms with Crippen molar-refractivity contribution in [3.63, 3.8) is 0 Å². The molecule has 2 heterocycles. The van der Waals surface area contributed by atoms with Crippen molar-refractivity contribution in [1.29, 1.82) is 0 Å². The third-order valence-electron chi connectivity index (χ3n) is 4.43. The fourth-order valence-corrected chi connectivity index (χ4v) is 2.74. The van der Waals surface area contributed by atoms with Crippen molar-refractivity contribution in [2.45, 2.75) is 32.3 Å². The van der Waals surface area contributed by atoms with Crippen LogP contribution in [0.4, 0.5) is 0 Å². The van der Waals surface area contributed by atoms with E-state index in [0.29, 0.717) is 25.7 Å². The smallest absolute Gasteiger partial charge is 0.244 e. The lowest BCUT2D eigenvalue weighted by Crippen LogP contribution is -2.39. The molecule has 9 heteroatoms. The molecule has 0 saturated carbocycles. The Hall–Kier alpha value is -1.46. The zero-order chi connectivity index (χ0) is 20.0. The quantitative estimate of drug-likeness (QED) is 0.199. The molecule has 0 radical (unpaired) electrons. The number of carbonyl (C=O) groups is 1. The lowest BCUT2D eigenvalue weighted by atomic mass is 10.2. The van der Waals surface area contributed by atoms with E-state index in [1.807, 2.05) is 25.1 Å². The molecule has 1 aromatic heterocycles. The van der Waals surface area contributed by atoms with Crippen LogP contribution < -0.4 is 10.6 Å². The van der Waals surface area contributed by atoms with Gasteiger partial charge in [-0.25, -0.2) is 4.99 Å². The number of carbonyl (C=O) groups excluding carboxylic acids is 1. The summed E-state index contributed by atoms with van der Waals surface area (Å²) >= 11 is 0. The van der Waals surface area contributed by atoms with E-state index < -0.39 is 0 Å². The number of hydrogen-bond acceptors (Lipinski definition) is 5. The molecule has 1 aromatic rings. The van der Waals surface area contributed by atoms with Gasteiger partial charge in [-0.05, 0) is 31.9 Å². The molecule has 2 N–H and O–H groups in total. The fourth-order valence-electron chi connectivity index (χ4n) is 2.74. The van der Waals surface area contributed by atoms with Gasteiger partial charge in [-0.15, -0.1) is 24.0 Å². The first-order valence-electron chi connectivity index (χ1n) is 10.0. The van der Waals surface area contributed by atoms with Gasteiger partial charge in [-0.2, -0.15) is 0 Å². The fraction of sp³-hybridized carbons (Fsp3) is 0.650. The van der Waals surface area contributed by atoms with Gasteiger partial charge in [0, 0.05) is 58.2 Å². The summed E-state index contributed by atoms with van der Waals surface area (Å²) in [5.41, 5.74) is 0.979. The molecule has 0 spiro atoms. The number of halogens is 1. The summed E-state index contributed by atoms with van der Waals surface area (Å²) in [6, 6.07) is 5.81. The normalized spacial score (nSPS) is 16.2. The Bertz CT molecular complexity index is 597. The number of nitrogens with one attached hydrogen (secondary N) is 2. The van der Waals surface area contributed by atoms with Crippen molar-refractivity contribution < 1.29 is 14.3 Å². The van der Waals surface area contributed by atoms with E-state index in [2.05, 4.69) is 20.6 Å². The van der Waals surface area contributed by atoms with E-state index in [-0.39, 0.29) is 42.5 Å². The van der Waals surface area contributed by atoms with Gasteiger partial charge in [0.15, 0.2) is 5.96 Å². The van der Waals surface area contributed by atoms with Crippen molar-refractivity contribution >= 4 is 35.8 Å². The van der Waals surface area contributed by atoms with E-state index in [1.54, 1.807) is 18.1 Å². The molecule has 1 amide bonds. The maximum absolute atomic E-state index is 12.3.